The number of pyridine rings is 1. The lowest BCUT2D eigenvalue weighted by atomic mass is 9.99. The smallest absolute Gasteiger partial charge is 0.138 e. The van der Waals surface area contributed by atoms with Crippen LogP contribution in [-0.2, 0) is 6.61 Å². The molecular weight excluding hydrogens is 258 g/mol. The van der Waals surface area contributed by atoms with E-state index in [0.717, 1.165) is 12.1 Å². The summed E-state index contributed by atoms with van der Waals surface area (Å²) in [4.78, 5) is 4.21. The summed E-state index contributed by atoms with van der Waals surface area (Å²) in [6.07, 6.45) is 2.86. The minimum absolute atomic E-state index is 0.434. The first-order valence-electron chi connectivity index (χ1n) is 6.53. The Hall–Kier alpha value is -1.54. The number of ether oxygens (including phenoxy) is 1. The molecule has 3 heteroatoms. The molecule has 2 nitrogen and oxygen atoms in total. The lowest BCUT2D eigenvalue weighted by Crippen LogP contribution is -1.99. The van der Waals surface area contributed by atoms with Gasteiger partial charge in [-0.3, -0.25) is 4.98 Å². The molecular formula is C16H18ClNO. The largest absolute Gasteiger partial charge is 0.486 e. The predicted octanol–water partition coefficient (Wildman–Crippen LogP) is 4.83. The molecule has 0 aliphatic carbocycles. The molecule has 100 valence electrons. The zero-order chi connectivity index (χ0) is 13.7. The number of hydrogen-bond acceptors (Lipinski definition) is 2. The second-order valence-electron chi connectivity index (χ2n) is 4.61. The van der Waals surface area contributed by atoms with Crippen molar-refractivity contribution in [2.75, 3.05) is 0 Å². The first-order valence-corrected chi connectivity index (χ1v) is 6.90. The van der Waals surface area contributed by atoms with Crippen LogP contribution in [0.2, 0.25) is 5.02 Å². The van der Waals surface area contributed by atoms with E-state index < -0.39 is 0 Å². The van der Waals surface area contributed by atoms with E-state index in [1.807, 2.05) is 30.3 Å². The predicted molar refractivity (Wildman–Crippen MR) is 78.7 cm³/mol. The molecule has 0 spiro atoms. The fraction of sp³-hybridized carbons (Fsp3) is 0.312. The van der Waals surface area contributed by atoms with Crippen molar-refractivity contribution in [3.63, 3.8) is 0 Å². The average molecular weight is 276 g/mol. The van der Waals surface area contributed by atoms with E-state index >= 15 is 0 Å². The van der Waals surface area contributed by atoms with Crippen LogP contribution >= 0.6 is 11.6 Å². The topological polar surface area (TPSA) is 22.1 Å². The minimum Gasteiger partial charge on any atom is -0.486 e. The fourth-order valence-electron chi connectivity index (χ4n) is 1.81. The summed E-state index contributed by atoms with van der Waals surface area (Å²) in [7, 11) is 0. The van der Waals surface area contributed by atoms with E-state index in [4.69, 9.17) is 16.3 Å². The molecule has 2 aromatic rings. The molecule has 2 rings (SSSR count). The van der Waals surface area contributed by atoms with Gasteiger partial charge in [-0.2, -0.15) is 0 Å². The van der Waals surface area contributed by atoms with Crippen LogP contribution in [0.15, 0.2) is 42.6 Å². The van der Waals surface area contributed by atoms with Crippen molar-refractivity contribution < 1.29 is 4.74 Å². The molecule has 19 heavy (non-hydrogen) atoms. The van der Waals surface area contributed by atoms with Crippen LogP contribution in [0.5, 0.6) is 5.75 Å². The summed E-state index contributed by atoms with van der Waals surface area (Å²) in [5.41, 5.74) is 2.14. The van der Waals surface area contributed by atoms with E-state index in [1.165, 1.54) is 5.56 Å². The Labute approximate surface area is 119 Å². The molecule has 0 radical (unpaired) electrons. The molecule has 0 saturated carbocycles. The first-order chi connectivity index (χ1) is 9.20. The summed E-state index contributed by atoms with van der Waals surface area (Å²) < 4.78 is 5.70. The third kappa shape index (κ3) is 3.71. The normalized spacial score (nSPS) is 12.2. The summed E-state index contributed by atoms with van der Waals surface area (Å²) in [5.74, 6) is 1.22. The molecule has 0 N–H and O–H groups in total. The van der Waals surface area contributed by atoms with Gasteiger partial charge in [-0.25, -0.2) is 0 Å². The van der Waals surface area contributed by atoms with E-state index in [-0.39, 0.29) is 0 Å². The third-order valence-corrected chi connectivity index (χ3v) is 3.53. The Morgan fingerprint density at radius 2 is 2.11 bits per heavy atom. The second-order valence-corrected chi connectivity index (χ2v) is 5.02. The SMILES string of the molecule is CCC(C)c1ccc(OCc2ccccn2)c(Cl)c1. The monoisotopic (exact) mass is 275 g/mol. The van der Waals surface area contributed by atoms with Crippen LogP contribution < -0.4 is 4.74 Å². The van der Waals surface area contributed by atoms with E-state index in [2.05, 4.69) is 24.9 Å². The molecule has 1 aromatic heterocycles. The molecule has 1 aromatic carbocycles. The van der Waals surface area contributed by atoms with Gasteiger partial charge in [-0.1, -0.05) is 37.6 Å². The Bertz CT molecular complexity index is 528. The van der Waals surface area contributed by atoms with Crippen molar-refractivity contribution >= 4 is 11.6 Å². The van der Waals surface area contributed by atoms with Gasteiger partial charge in [-0.05, 0) is 42.2 Å². The molecule has 0 bridgehead atoms. The molecule has 1 atom stereocenters. The van der Waals surface area contributed by atoms with Crippen LogP contribution in [0.3, 0.4) is 0 Å². The molecule has 1 heterocycles. The van der Waals surface area contributed by atoms with Gasteiger partial charge in [0.25, 0.3) is 0 Å². The molecule has 0 saturated heterocycles. The van der Waals surface area contributed by atoms with Gasteiger partial charge in [0.05, 0.1) is 10.7 Å². The maximum absolute atomic E-state index is 6.25. The zero-order valence-corrected chi connectivity index (χ0v) is 12.0. The Morgan fingerprint density at radius 3 is 2.74 bits per heavy atom. The van der Waals surface area contributed by atoms with Gasteiger partial charge in [-0.15, -0.1) is 0 Å². The standard InChI is InChI=1S/C16H18ClNO/c1-3-12(2)13-7-8-16(15(17)10-13)19-11-14-6-4-5-9-18-14/h4-10,12H,3,11H2,1-2H3. The molecule has 0 aliphatic rings. The first kappa shape index (κ1) is 13.9. The van der Waals surface area contributed by atoms with Crippen molar-refractivity contribution in [1.82, 2.24) is 4.98 Å². The Kier molecular flexibility index (Phi) is 4.80. The summed E-state index contributed by atoms with van der Waals surface area (Å²) in [6.45, 7) is 4.80. The highest BCUT2D eigenvalue weighted by Gasteiger charge is 2.07. The van der Waals surface area contributed by atoms with Crippen LogP contribution in [0.4, 0.5) is 0 Å². The van der Waals surface area contributed by atoms with Gasteiger partial charge in [0, 0.05) is 6.20 Å². The maximum atomic E-state index is 6.25. The minimum atomic E-state index is 0.434. The van der Waals surface area contributed by atoms with Gasteiger partial charge in [0.15, 0.2) is 0 Å². The number of rotatable bonds is 5. The summed E-state index contributed by atoms with van der Waals surface area (Å²) in [6, 6.07) is 11.8. The number of halogens is 1. The number of nitrogens with zero attached hydrogens (tertiary/aromatic N) is 1. The van der Waals surface area contributed by atoms with Crippen LogP contribution in [0.25, 0.3) is 0 Å². The van der Waals surface area contributed by atoms with Crippen LogP contribution in [0, 0.1) is 0 Å². The van der Waals surface area contributed by atoms with Crippen LogP contribution in [0.1, 0.15) is 37.4 Å². The van der Waals surface area contributed by atoms with Crippen molar-refractivity contribution in [1.29, 1.82) is 0 Å². The Balaban J connectivity index is 2.05. The highest BCUT2D eigenvalue weighted by atomic mass is 35.5. The van der Waals surface area contributed by atoms with E-state index in [9.17, 15) is 0 Å². The van der Waals surface area contributed by atoms with Gasteiger partial charge in [0.2, 0.25) is 0 Å². The molecule has 0 fully saturated rings. The number of benzene rings is 1. The fourth-order valence-corrected chi connectivity index (χ4v) is 2.06. The molecule has 1 unspecified atom stereocenters. The van der Waals surface area contributed by atoms with Gasteiger partial charge < -0.3 is 4.74 Å². The summed E-state index contributed by atoms with van der Waals surface area (Å²) in [5, 5.41) is 0.661. The second kappa shape index (κ2) is 6.58. The molecule has 0 aliphatic heterocycles. The van der Waals surface area contributed by atoms with E-state index in [1.54, 1.807) is 6.20 Å². The average Bonchev–Trinajstić information content (AvgIpc) is 2.46. The lowest BCUT2D eigenvalue weighted by molar-refractivity contribution is 0.301. The number of aromatic nitrogens is 1. The van der Waals surface area contributed by atoms with Gasteiger partial charge >= 0.3 is 0 Å². The highest BCUT2D eigenvalue weighted by molar-refractivity contribution is 6.32. The van der Waals surface area contributed by atoms with Crippen molar-refractivity contribution in [2.24, 2.45) is 0 Å². The third-order valence-electron chi connectivity index (χ3n) is 3.24. The van der Waals surface area contributed by atoms with E-state index in [0.29, 0.717) is 23.3 Å². The maximum Gasteiger partial charge on any atom is 0.138 e. The van der Waals surface area contributed by atoms with Gasteiger partial charge in [0.1, 0.15) is 12.4 Å². The Morgan fingerprint density at radius 1 is 1.26 bits per heavy atom. The molecule has 0 amide bonds. The van der Waals surface area contributed by atoms with Crippen molar-refractivity contribution in [3.05, 3.63) is 58.9 Å². The number of hydrogen-bond donors (Lipinski definition) is 0. The quantitative estimate of drug-likeness (QED) is 0.780. The lowest BCUT2D eigenvalue weighted by Gasteiger charge is -2.12. The highest BCUT2D eigenvalue weighted by Crippen LogP contribution is 2.30. The summed E-state index contributed by atoms with van der Waals surface area (Å²) >= 11 is 6.25. The van der Waals surface area contributed by atoms with Crippen LogP contribution in [-0.4, -0.2) is 4.98 Å². The van der Waals surface area contributed by atoms with Crippen molar-refractivity contribution in [3.8, 4) is 5.75 Å². The zero-order valence-electron chi connectivity index (χ0n) is 11.3. The van der Waals surface area contributed by atoms with Crippen molar-refractivity contribution in [2.45, 2.75) is 32.8 Å².